The zero-order valence-corrected chi connectivity index (χ0v) is 9.24. The molecule has 0 aromatic heterocycles. The molecule has 2 fully saturated rings. The van der Waals surface area contributed by atoms with Gasteiger partial charge in [0, 0.05) is 6.04 Å². The maximum absolute atomic E-state index is 5.90. The Morgan fingerprint density at radius 1 is 1.07 bits per heavy atom. The molecule has 1 aliphatic carbocycles. The van der Waals surface area contributed by atoms with Crippen molar-refractivity contribution in [3.63, 3.8) is 0 Å². The van der Waals surface area contributed by atoms with Crippen LogP contribution in [-0.4, -0.2) is 18.2 Å². The van der Waals surface area contributed by atoms with E-state index in [0.717, 1.165) is 5.92 Å². The van der Waals surface area contributed by atoms with Gasteiger partial charge in [0.15, 0.2) is 0 Å². The molecule has 82 valence electrons. The Hall–Kier alpha value is -0.0800. The van der Waals surface area contributed by atoms with Crippen LogP contribution in [0, 0.1) is 5.92 Å². The topological polar surface area (TPSA) is 35.2 Å². The monoisotopic (exact) mass is 197 g/mol. The lowest BCUT2D eigenvalue weighted by Crippen LogP contribution is -2.28. The van der Waals surface area contributed by atoms with Crippen LogP contribution in [-0.2, 0) is 4.74 Å². The second kappa shape index (κ2) is 4.63. The lowest BCUT2D eigenvalue weighted by atomic mass is 9.83. The summed E-state index contributed by atoms with van der Waals surface area (Å²) in [6.07, 6.45) is 10.0. The van der Waals surface area contributed by atoms with Gasteiger partial charge in [-0.1, -0.05) is 0 Å². The van der Waals surface area contributed by atoms with Crippen LogP contribution in [0.5, 0.6) is 0 Å². The van der Waals surface area contributed by atoms with Crippen molar-refractivity contribution >= 4 is 0 Å². The van der Waals surface area contributed by atoms with E-state index >= 15 is 0 Å². The highest BCUT2D eigenvalue weighted by Crippen LogP contribution is 2.31. The normalized spacial score (nSPS) is 44.1. The molecule has 1 aliphatic heterocycles. The SMILES string of the molecule is CC1CCC(CC2CCC(N)CC2)O1. The van der Waals surface area contributed by atoms with Gasteiger partial charge in [0.25, 0.3) is 0 Å². The van der Waals surface area contributed by atoms with Gasteiger partial charge in [-0.25, -0.2) is 0 Å². The van der Waals surface area contributed by atoms with Gasteiger partial charge in [-0.15, -0.1) is 0 Å². The summed E-state index contributed by atoms with van der Waals surface area (Å²) < 4.78 is 5.86. The third kappa shape index (κ3) is 2.71. The Morgan fingerprint density at radius 3 is 2.36 bits per heavy atom. The van der Waals surface area contributed by atoms with E-state index in [9.17, 15) is 0 Å². The minimum Gasteiger partial charge on any atom is -0.375 e. The number of ether oxygens (including phenoxy) is 1. The van der Waals surface area contributed by atoms with Crippen LogP contribution in [0.15, 0.2) is 0 Å². The summed E-state index contributed by atoms with van der Waals surface area (Å²) in [5, 5.41) is 0. The molecule has 0 aromatic carbocycles. The molecule has 14 heavy (non-hydrogen) atoms. The molecule has 2 unspecified atom stereocenters. The molecule has 2 atom stereocenters. The predicted octanol–water partition coefficient (Wildman–Crippen LogP) is 2.46. The highest BCUT2D eigenvalue weighted by atomic mass is 16.5. The van der Waals surface area contributed by atoms with E-state index in [2.05, 4.69) is 6.92 Å². The summed E-state index contributed by atoms with van der Waals surface area (Å²) >= 11 is 0. The molecule has 1 heterocycles. The maximum atomic E-state index is 5.90. The van der Waals surface area contributed by atoms with Crippen molar-refractivity contribution in [2.75, 3.05) is 0 Å². The van der Waals surface area contributed by atoms with Gasteiger partial charge in [-0.3, -0.25) is 0 Å². The van der Waals surface area contributed by atoms with E-state index in [1.165, 1.54) is 44.9 Å². The lowest BCUT2D eigenvalue weighted by Gasteiger charge is -2.27. The molecule has 2 rings (SSSR count). The molecule has 2 nitrogen and oxygen atoms in total. The summed E-state index contributed by atoms with van der Waals surface area (Å²) in [7, 11) is 0. The van der Waals surface area contributed by atoms with E-state index in [1.807, 2.05) is 0 Å². The first-order valence-corrected chi connectivity index (χ1v) is 6.15. The van der Waals surface area contributed by atoms with E-state index in [-0.39, 0.29) is 0 Å². The second-order valence-corrected chi connectivity index (χ2v) is 5.16. The molecule has 0 spiro atoms. The second-order valence-electron chi connectivity index (χ2n) is 5.16. The van der Waals surface area contributed by atoms with Gasteiger partial charge in [-0.05, 0) is 57.8 Å². The first-order valence-electron chi connectivity index (χ1n) is 6.15. The fourth-order valence-electron chi connectivity index (χ4n) is 2.85. The van der Waals surface area contributed by atoms with E-state index < -0.39 is 0 Å². The molecule has 2 N–H and O–H groups in total. The Bertz CT molecular complexity index is 175. The first kappa shape index (κ1) is 10.4. The third-order valence-corrected chi connectivity index (χ3v) is 3.81. The summed E-state index contributed by atoms with van der Waals surface area (Å²) in [6, 6.07) is 0.481. The molecule has 0 aromatic rings. The average Bonchev–Trinajstić information content (AvgIpc) is 2.56. The van der Waals surface area contributed by atoms with E-state index in [1.54, 1.807) is 0 Å². The summed E-state index contributed by atoms with van der Waals surface area (Å²) in [6.45, 7) is 2.19. The molecular formula is C12H23NO. The van der Waals surface area contributed by atoms with Crippen LogP contribution in [0.1, 0.15) is 51.9 Å². The Kier molecular flexibility index (Phi) is 3.45. The fourth-order valence-corrected chi connectivity index (χ4v) is 2.85. The van der Waals surface area contributed by atoms with Gasteiger partial charge in [0.2, 0.25) is 0 Å². The molecule has 0 radical (unpaired) electrons. The van der Waals surface area contributed by atoms with E-state index in [4.69, 9.17) is 10.5 Å². The van der Waals surface area contributed by atoms with Crippen molar-refractivity contribution in [1.82, 2.24) is 0 Å². The Labute approximate surface area is 87.2 Å². The molecule has 0 amide bonds. The Balaban J connectivity index is 1.70. The lowest BCUT2D eigenvalue weighted by molar-refractivity contribution is 0.0364. The fraction of sp³-hybridized carbons (Fsp3) is 1.00. The minimum atomic E-state index is 0.481. The quantitative estimate of drug-likeness (QED) is 0.738. The minimum absolute atomic E-state index is 0.481. The molecule has 0 bridgehead atoms. The maximum Gasteiger partial charge on any atom is 0.0582 e. The zero-order chi connectivity index (χ0) is 9.97. The van der Waals surface area contributed by atoms with Gasteiger partial charge >= 0.3 is 0 Å². The van der Waals surface area contributed by atoms with E-state index in [0.29, 0.717) is 18.2 Å². The average molecular weight is 197 g/mol. The van der Waals surface area contributed by atoms with Gasteiger partial charge in [0.1, 0.15) is 0 Å². The summed E-state index contributed by atoms with van der Waals surface area (Å²) in [5.74, 6) is 0.894. The van der Waals surface area contributed by atoms with Gasteiger partial charge < -0.3 is 10.5 Å². The van der Waals surface area contributed by atoms with Gasteiger partial charge in [-0.2, -0.15) is 0 Å². The highest BCUT2D eigenvalue weighted by Gasteiger charge is 2.26. The summed E-state index contributed by atoms with van der Waals surface area (Å²) in [5.41, 5.74) is 5.90. The van der Waals surface area contributed by atoms with Crippen LogP contribution in [0.2, 0.25) is 0 Å². The van der Waals surface area contributed by atoms with Crippen molar-refractivity contribution in [3.05, 3.63) is 0 Å². The van der Waals surface area contributed by atoms with Crippen LogP contribution in [0.25, 0.3) is 0 Å². The third-order valence-electron chi connectivity index (χ3n) is 3.81. The Morgan fingerprint density at radius 2 is 1.79 bits per heavy atom. The van der Waals surface area contributed by atoms with Crippen molar-refractivity contribution in [2.45, 2.75) is 70.1 Å². The van der Waals surface area contributed by atoms with Crippen LogP contribution in [0.3, 0.4) is 0 Å². The molecule has 1 saturated carbocycles. The zero-order valence-electron chi connectivity index (χ0n) is 9.24. The van der Waals surface area contributed by atoms with Crippen molar-refractivity contribution < 1.29 is 4.74 Å². The number of rotatable bonds is 2. The smallest absolute Gasteiger partial charge is 0.0582 e. The predicted molar refractivity (Wildman–Crippen MR) is 58.1 cm³/mol. The van der Waals surface area contributed by atoms with Crippen molar-refractivity contribution in [2.24, 2.45) is 11.7 Å². The van der Waals surface area contributed by atoms with Crippen LogP contribution < -0.4 is 5.73 Å². The summed E-state index contributed by atoms with van der Waals surface area (Å²) in [4.78, 5) is 0. The van der Waals surface area contributed by atoms with Crippen LogP contribution >= 0.6 is 0 Å². The van der Waals surface area contributed by atoms with Gasteiger partial charge in [0.05, 0.1) is 12.2 Å². The molecular weight excluding hydrogens is 174 g/mol. The van der Waals surface area contributed by atoms with Crippen molar-refractivity contribution in [1.29, 1.82) is 0 Å². The highest BCUT2D eigenvalue weighted by molar-refractivity contribution is 4.79. The number of nitrogens with two attached hydrogens (primary N) is 1. The van der Waals surface area contributed by atoms with Crippen LogP contribution in [0.4, 0.5) is 0 Å². The molecule has 2 heteroatoms. The number of hydrogen-bond acceptors (Lipinski definition) is 2. The first-order chi connectivity index (χ1) is 6.74. The van der Waals surface area contributed by atoms with Crippen molar-refractivity contribution in [3.8, 4) is 0 Å². The molecule has 2 aliphatic rings. The molecule has 1 saturated heterocycles. The largest absolute Gasteiger partial charge is 0.375 e. The standard InChI is InChI=1S/C12H23NO/c1-9-2-7-12(14-9)8-10-3-5-11(13)6-4-10/h9-12H,2-8,13H2,1H3. The number of hydrogen-bond donors (Lipinski definition) is 1.